The molecule has 0 atom stereocenters. The Labute approximate surface area is 168 Å². The van der Waals surface area contributed by atoms with Crippen molar-refractivity contribution in [1.29, 1.82) is 0 Å². The molecule has 0 aliphatic carbocycles. The SMILES string of the molecule is COc1ccc(Cl)cc1C(=O)NNC(=O)COC(=O)CNC(=O)c1cccs1. The van der Waals surface area contributed by atoms with Gasteiger partial charge in [0, 0.05) is 5.02 Å². The molecular formula is C17H16ClN3O6S. The molecule has 28 heavy (non-hydrogen) atoms. The fourth-order valence-electron chi connectivity index (χ4n) is 1.93. The van der Waals surface area contributed by atoms with Crippen molar-refractivity contribution in [2.24, 2.45) is 0 Å². The molecular weight excluding hydrogens is 410 g/mol. The minimum Gasteiger partial charge on any atom is -0.496 e. The Morgan fingerprint density at radius 2 is 1.89 bits per heavy atom. The molecule has 0 fully saturated rings. The van der Waals surface area contributed by atoms with E-state index in [1.165, 1.54) is 30.6 Å². The van der Waals surface area contributed by atoms with Crippen molar-refractivity contribution in [2.45, 2.75) is 0 Å². The van der Waals surface area contributed by atoms with Gasteiger partial charge in [0.05, 0.1) is 17.6 Å². The van der Waals surface area contributed by atoms with Crippen LogP contribution in [0.15, 0.2) is 35.7 Å². The number of thiophene rings is 1. The summed E-state index contributed by atoms with van der Waals surface area (Å²) in [7, 11) is 1.38. The third kappa shape index (κ3) is 6.25. The molecule has 0 saturated carbocycles. The zero-order valence-electron chi connectivity index (χ0n) is 14.6. The minimum absolute atomic E-state index is 0.114. The van der Waals surface area contributed by atoms with E-state index in [1.807, 2.05) is 0 Å². The average molecular weight is 426 g/mol. The zero-order valence-corrected chi connectivity index (χ0v) is 16.2. The van der Waals surface area contributed by atoms with Crippen molar-refractivity contribution in [3.8, 4) is 5.75 Å². The van der Waals surface area contributed by atoms with Gasteiger partial charge in [-0.1, -0.05) is 17.7 Å². The van der Waals surface area contributed by atoms with Crippen LogP contribution in [-0.2, 0) is 14.3 Å². The van der Waals surface area contributed by atoms with Crippen LogP contribution >= 0.6 is 22.9 Å². The summed E-state index contributed by atoms with van der Waals surface area (Å²) in [6.45, 7) is -1.03. The lowest BCUT2D eigenvalue weighted by atomic mass is 10.2. The second-order valence-corrected chi connectivity index (χ2v) is 6.55. The highest BCUT2D eigenvalue weighted by atomic mass is 35.5. The molecule has 0 spiro atoms. The number of esters is 1. The van der Waals surface area contributed by atoms with Crippen LogP contribution < -0.4 is 20.9 Å². The first-order valence-electron chi connectivity index (χ1n) is 7.80. The second-order valence-electron chi connectivity index (χ2n) is 5.17. The number of amides is 3. The molecule has 0 aliphatic rings. The smallest absolute Gasteiger partial charge is 0.325 e. The van der Waals surface area contributed by atoms with E-state index in [2.05, 4.69) is 16.2 Å². The molecule has 1 heterocycles. The summed E-state index contributed by atoms with van der Waals surface area (Å²) < 4.78 is 9.76. The third-order valence-corrected chi connectivity index (χ3v) is 4.33. The summed E-state index contributed by atoms with van der Waals surface area (Å²) in [5, 5.41) is 4.41. The predicted octanol–water partition coefficient (Wildman–Crippen LogP) is 1.14. The fourth-order valence-corrected chi connectivity index (χ4v) is 2.74. The summed E-state index contributed by atoms with van der Waals surface area (Å²) in [6.07, 6.45) is 0. The van der Waals surface area contributed by atoms with Crippen LogP contribution in [0.5, 0.6) is 5.75 Å². The van der Waals surface area contributed by atoms with E-state index in [0.717, 1.165) is 0 Å². The molecule has 1 aromatic carbocycles. The maximum absolute atomic E-state index is 12.1. The largest absolute Gasteiger partial charge is 0.496 e. The van der Waals surface area contributed by atoms with Gasteiger partial charge in [-0.05, 0) is 29.6 Å². The summed E-state index contributed by atoms with van der Waals surface area (Å²) in [6, 6.07) is 7.74. The number of carbonyl (C=O) groups is 4. The van der Waals surface area contributed by atoms with Crippen LogP contribution in [0.25, 0.3) is 0 Å². The van der Waals surface area contributed by atoms with Crippen molar-refractivity contribution in [3.63, 3.8) is 0 Å². The Bertz CT molecular complexity index is 872. The first-order chi connectivity index (χ1) is 13.4. The molecule has 3 amide bonds. The number of rotatable bonds is 7. The number of hydrogen-bond acceptors (Lipinski definition) is 7. The van der Waals surface area contributed by atoms with E-state index in [-0.39, 0.29) is 11.3 Å². The molecule has 1 aromatic heterocycles. The highest BCUT2D eigenvalue weighted by molar-refractivity contribution is 7.12. The highest BCUT2D eigenvalue weighted by Crippen LogP contribution is 2.22. The zero-order chi connectivity index (χ0) is 20.5. The molecule has 0 bridgehead atoms. The Hall–Kier alpha value is -3.11. The number of benzene rings is 1. The molecule has 9 nitrogen and oxygen atoms in total. The van der Waals surface area contributed by atoms with Gasteiger partial charge >= 0.3 is 5.97 Å². The maximum Gasteiger partial charge on any atom is 0.325 e. The summed E-state index contributed by atoms with van der Waals surface area (Å²) >= 11 is 7.07. The van der Waals surface area contributed by atoms with Gasteiger partial charge in [-0.15, -0.1) is 11.3 Å². The van der Waals surface area contributed by atoms with Gasteiger partial charge in [0.25, 0.3) is 17.7 Å². The van der Waals surface area contributed by atoms with Crippen molar-refractivity contribution in [1.82, 2.24) is 16.2 Å². The Balaban J connectivity index is 1.72. The lowest BCUT2D eigenvalue weighted by Gasteiger charge is -2.11. The first kappa shape index (κ1) is 21.2. The number of carbonyl (C=O) groups excluding carboxylic acids is 4. The van der Waals surface area contributed by atoms with Crippen LogP contribution in [0.1, 0.15) is 20.0 Å². The van der Waals surface area contributed by atoms with E-state index in [9.17, 15) is 19.2 Å². The van der Waals surface area contributed by atoms with E-state index in [4.69, 9.17) is 21.1 Å². The van der Waals surface area contributed by atoms with E-state index < -0.39 is 36.8 Å². The Morgan fingerprint density at radius 3 is 2.57 bits per heavy atom. The highest BCUT2D eigenvalue weighted by Gasteiger charge is 2.15. The standard InChI is InChI=1S/C17H16ClN3O6S/c1-26-12-5-4-10(18)7-11(12)16(24)21-20-14(22)9-27-15(23)8-19-17(25)13-3-2-6-28-13/h2-7H,8-9H2,1H3,(H,19,25)(H,20,22)(H,21,24). The van der Waals surface area contributed by atoms with Crippen molar-refractivity contribution in [2.75, 3.05) is 20.3 Å². The Kier molecular flexibility index (Phi) is 7.78. The topological polar surface area (TPSA) is 123 Å². The van der Waals surface area contributed by atoms with Crippen molar-refractivity contribution < 1.29 is 28.7 Å². The van der Waals surface area contributed by atoms with E-state index in [0.29, 0.717) is 9.90 Å². The molecule has 0 aliphatic heterocycles. The van der Waals surface area contributed by atoms with Gasteiger partial charge in [-0.2, -0.15) is 0 Å². The number of ether oxygens (including phenoxy) is 2. The van der Waals surface area contributed by atoms with Gasteiger partial charge in [-0.25, -0.2) is 0 Å². The summed E-state index contributed by atoms with van der Waals surface area (Å²) in [5.74, 6) is -2.39. The van der Waals surface area contributed by atoms with Gasteiger partial charge in [0.2, 0.25) is 0 Å². The molecule has 0 radical (unpaired) electrons. The van der Waals surface area contributed by atoms with E-state index >= 15 is 0 Å². The average Bonchev–Trinajstić information content (AvgIpc) is 3.23. The van der Waals surface area contributed by atoms with Crippen LogP contribution in [0.2, 0.25) is 5.02 Å². The van der Waals surface area contributed by atoms with Crippen molar-refractivity contribution in [3.05, 3.63) is 51.2 Å². The van der Waals surface area contributed by atoms with Gasteiger partial charge in [0.1, 0.15) is 12.3 Å². The molecule has 0 unspecified atom stereocenters. The quantitative estimate of drug-likeness (QED) is 0.451. The van der Waals surface area contributed by atoms with Crippen LogP contribution in [0.3, 0.4) is 0 Å². The molecule has 148 valence electrons. The number of hydrogen-bond donors (Lipinski definition) is 3. The first-order valence-corrected chi connectivity index (χ1v) is 9.06. The number of nitrogens with one attached hydrogen (secondary N) is 3. The molecule has 3 N–H and O–H groups in total. The van der Waals surface area contributed by atoms with Crippen molar-refractivity contribution >= 4 is 46.6 Å². The minimum atomic E-state index is -0.803. The third-order valence-electron chi connectivity index (χ3n) is 3.22. The maximum atomic E-state index is 12.1. The predicted molar refractivity (Wildman–Crippen MR) is 101 cm³/mol. The van der Waals surface area contributed by atoms with Gasteiger partial charge in [-0.3, -0.25) is 30.0 Å². The molecule has 0 saturated heterocycles. The lowest BCUT2D eigenvalue weighted by Crippen LogP contribution is -2.44. The normalized spacial score (nSPS) is 9.93. The monoisotopic (exact) mass is 425 g/mol. The molecule has 2 aromatic rings. The van der Waals surface area contributed by atoms with Crippen LogP contribution in [0, 0.1) is 0 Å². The Morgan fingerprint density at radius 1 is 1.11 bits per heavy atom. The lowest BCUT2D eigenvalue weighted by molar-refractivity contribution is -0.147. The second kappa shape index (κ2) is 10.3. The van der Waals surface area contributed by atoms with Crippen LogP contribution in [0.4, 0.5) is 0 Å². The van der Waals surface area contributed by atoms with Crippen LogP contribution in [-0.4, -0.2) is 44.0 Å². The van der Waals surface area contributed by atoms with Gasteiger partial charge < -0.3 is 14.8 Å². The number of hydrazine groups is 1. The number of halogens is 1. The summed E-state index contributed by atoms with van der Waals surface area (Å²) in [4.78, 5) is 47.5. The molecule has 2 rings (SSSR count). The number of methoxy groups -OCH3 is 1. The fraction of sp³-hybridized carbons (Fsp3) is 0.176. The van der Waals surface area contributed by atoms with Gasteiger partial charge in [0.15, 0.2) is 6.61 Å². The molecule has 11 heteroatoms. The summed E-state index contributed by atoms with van der Waals surface area (Å²) in [5.41, 5.74) is 4.37. The van der Waals surface area contributed by atoms with E-state index in [1.54, 1.807) is 23.6 Å².